The number of carbonyl (C=O) groups is 1. The Morgan fingerprint density at radius 1 is 1.65 bits per heavy atom. The Morgan fingerprint density at radius 3 is 3.00 bits per heavy atom. The van der Waals surface area contributed by atoms with Gasteiger partial charge in [-0.1, -0.05) is 11.3 Å². The summed E-state index contributed by atoms with van der Waals surface area (Å²) in [6.07, 6.45) is 0. The minimum Gasteiger partial charge on any atom is -0.383 e. The molecule has 1 rings (SSSR count). The van der Waals surface area contributed by atoms with E-state index in [1.54, 1.807) is 19.4 Å². The number of H-pyrrole nitrogens is 1. The molecule has 6 nitrogen and oxygen atoms in total. The van der Waals surface area contributed by atoms with E-state index in [1.165, 1.54) is 0 Å². The van der Waals surface area contributed by atoms with Gasteiger partial charge in [-0.05, 0) is 6.92 Å². The van der Waals surface area contributed by atoms with Gasteiger partial charge in [0, 0.05) is 31.3 Å². The fourth-order valence-electron chi connectivity index (χ4n) is 1.19. The zero-order valence-corrected chi connectivity index (χ0v) is 10.7. The molecule has 1 aromatic rings. The van der Waals surface area contributed by atoms with Gasteiger partial charge in [0.05, 0.1) is 12.6 Å². The molecule has 1 amide bonds. The van der Waals surface area contributed by atoms with Gasteiger partial charge < -0.3 is 20.4 Å². The first-order chi connectivity index (χ1) is 8.13. The molecular formula is C10H17N3O3S. The SMILES string of the molecule is COCCNC(=O)C(C)NCc1csc(=O)[nH]1. The maximum Gasteiger partial charge on any atom is 0.304 e. The average molecular weight is 259 g/mol. The third kappa shape index (κ3) is 5.12. The lowest BCUT2D eigenvalue weighted by Crippen LogP contribution is -2.42. The minimum absolute atomic E-state index is 0.0837. The van der Waals surface area contributed by atoms with Crippen LogP contribution in [0, 0.1) is 0 Å². The number of carbonyl (C=O) groups excluding carboxylic acids is 1. The molecule has 1 atom stereocenters. The van der Waals surface area contributed by atoms with Crippen LogP contribution in [-0.2, 0) is 16.1 Å². The Balaban J connectivity index is 2.26. The molecular weight excluding hydrogens is 242 g/mol. The van der Waals surface area contributed by atoms with E-state index in [-0.39, 0.29) is 16.8 Å². The summed E-state index contributed by atoms with van der Waals surface area (Å²) in [5.41, 5.74) is 0.788. The smallest absolute Gasteiger partial charge is 0.304 e. The number of rotatable bonds is 7. The maximum atomic E-state index is 11.5. The predicted molar refractivity (Wildman–Crippen MR) is 66.1 cm³/mol. The second-order valence-electron chi connectivity index (χ2n) is 3.56. The molecule has 1 unspecified atom stereocenters. The third-order valence-corrected chi connectivity index (χ3v) is 2.89. The summed E-state index contributed by atoms with van der Waals surface area (Å²) in [6, 6.07) is -0.310. The number of ether oxygens (including phenoxy) is 1. The summed E-state index contributed by atoms with van der Waals surface area (Å²) >= 11 is 1.11. The molecule has 1 heterocycles. The van der Waals surface area contributed by atoms with Gasteiger partial charge in [-0.15, -0.1) is 0 Å². The Hall–Kier alpha value is -1.18. The molecule has 0 fully saturated rings. The van der Waals surface area contributed by atoms with Crippen molar-refractivity contribution in [2.75, 3.05) is 20.3 Å². The number of methoxy groups -OCH3 is 1. The molecule has 0 radical (unpaired) electrons. The first-order valence-corrected chi connectivity index (χ1v) is 6.18. The largest absolute Gasteiger partial charge is 0.383 e. The van der Waals surface area contributed by atoms with Crippen molar-refractivity contribution in [3.63, 3.8) is 0 Å². The van der Waals surface area contributed by atoms with Crippen LogP contribution in [0.25, 0.3) is 0 Å². The van der Waals surface area contributed by atoms with Gasteiger partial charge in [0.15, 0.2) is 0 Å². The highest BCUT2D eigenvalue weighted by atomic mass is 32.1. The highest BCUT2D eigenvalue weighted by molar-refractivity contribution is 7.07. The van der Waals surface area contributed by atoms with Gasteiger partial charge in [-0.3, -0.25) is 9.59 Å². The summed E-state index contributed by atoms with van der Waals surface area (Å²) in [6.45, 7) is 3.23. The van der Waals surface area contributed by atoms with Crippen LogP contribution in [0.1, 0.15) is 12.6 Å². The molecule has 0 aromatic carbocycles. The van der Waals surface area contributed by atoms with E-state index in [9.17, 15) is 9.59 Å². The van der Waals surface area contributed by atoms with E-state index >= 15 is 0 Å². The summed E-state index contributed by atoms with van der Waals surface area (Å²) in [5, 5.41) is 7.49. The molecule has 17 heavy (non-hydrogen) atoms. The lowest BCUT2D eigenvalue weighted by Gasteiger charge is -2.13. The fourth-order valence-corrected chi connectivity index (χ4v) is 1.77. The van der Waals surface area contributed by atoms with Crippen molar-refractivity contribution < 1.29 is 9.53 Å². The second-order valence-corrected chi connectivity index (χ2v) is 4.40. The van der Waals surface area contributed by atoms with Crippen LogP contribution in [0.5, 0.6) is 0 Å². The van der Waals surface area contributed by atoms with E-state index in [2.05, 4.69) is 15.6 Å². The lowest BCUT2D eigenvalue weighted by atomic mass is 10.3. The van der Waals surface area contributed by atoms with Gasteiger partial charge in [-0.25, -0.2) is 0 Å². The first kappa shape index (κ1) is 13.9. The minimum atomic E-state index is -0.310. The number of hydrogen-bond donors (Lipinski definition) is 3. The van der Waals surface area contributed by atoms with Crippen LogP contribution in [0.4, 0.5) is 0 Å². The molecule has 0 saturated carbocycles. The number of hydrogen-bond acceptors (Lipinski definition) is 5. The zero-order valence-electron chi connectivity index (χ0n) is 9.91. The van der Waals surface area contributed by atoms with Crippen LogP contribution in [-0.4, -0.2) is 37.2 Å². The van der Waals surface area contributed by atoms with Crippen molar-refractivity contribution in [1.29, 1.82) is 0 Å². The van der Waals surface area contributed by atoms with Crippen LogP contribution >= 0.6 is 11.3 Å². The fraction of sp³-hybridized carbons (Fsp3) is 0.600. The van der Waals surface area contributed by atoms with E-state index in [1.807, 2.05) is 0 Å². The van der Waals surface area contributed by atoms with Gasteiger partial charge >= 0.3 is 4.87 Å². The second kappa shape index (κ2) is 7.21. The number of nitrogens with one attached hydrogen (secondary N) is 3. The quantitative estimate of drug-likeness (QED) is 0.586. The Bertz CT molecular complexity index is 402. The van der Waals surface area contributed by atoms with Crippen molar-refractivity contribution >= 4 is 17.2 Å². The summed E-state index contributed by atoms with van der Waals surface area (Å²) in [4.78, 5) is 25.0. The topological polar surface area (TPSA) is 83.2 Å². The van der Waals surface area contributed by atoms with E-state index < -0.39 is 0 Å². The van der Waals surface area contributed by atoms with Crippen molar-refractivity contribution in [1.82, 2.24) is 15.6 Å². The van der Waals surface area contributed by atoms with Crippen molar-refractivity contribution in [2.24, 2.45) is 0 Å². The Kier molecular flexibility index (Phi) is 5.88. The highest BCUT2D eigenvalue weighted by Crippen LogP contribution is 1.95. The van der Waals surface area contributed by atoms with E-state index in [4.69, 9.17) is 4.74 Å². The third-order valence-electron chi connectivity index (χ3n) is 2.17. The molecule has 1 aromatic heterocycles. The standard InChI is InChI=1S/C10H17N3O3S/c1-7(9(14)11-3-4-16-2)12-5-8-6-17-10(15)13-8/h6-7,12H,3-5H2,1-2H3,(H,11,14)(H,13,15). The number of amides is 1. The van der Waals surface area contributed by atoms with Crippen LogP contribution in [0.2, 0.25) is 0 Å². The highest BCUT2D eigenvalue weighted by Gasteiger charge is 2.11. The summed E-state index contributed by atoms with van der Waals surface area (Å²) in [5.74, 6) is -0.0837. The average Bonchev–Trinajstić information content (AvgIpc) is 2.72. The van der Waals surface area contributed by atoms with Gasteiger partial charge in [0.25, 0.3) is 0 Å². The lowest BCUT2D eigenvalue weighted by molar-refractivity contribution is -0.122. The molecule has 0 spiro atoms. The van der Waals surface area contributed by atoms with Crippen molar-refractivity contribution in [2.45, 2.75) is 19.5 Å². The molecule has 0 bridgehead atoms. The van der Waals surface area contributed by atoms with Crippen LogP contribution in [0.15, 0.2) is 10.2 Å². The summed E-state index contributed by atoms with van der Waals surface area (Å²) < 4.78 is 4.83. The monoisotopic (exact) mass is 259 g/mol. The van der Waals surface area contributed by atoms with Crippen molar-refractivity contribution in [3.8, 4) is 0 Å². The molecule has 0 aliphatic carbocycles. The predicted octanol–water partition coefficient (Wildman–Crippen LogP) is -0.323. The Morgan fingerprint density at radius 2 is 2.41 bits per heavy atom. The Labute approximate surface area is 103 Å². The molecule has 96 valence electrons. The zero-order chi connectivity index (χ0) is 12.7. The van der Waals surface area contributed by atoms with E-state index in [0.29, 0.717) is 19.7 Å². The van der Waals surface area contributed by atoms with Crippen LogP contribution in [0.3, 0.4) is 0 Å². The molecule has 0 aliphatic heterocycles. The van der Waals surface area contributed by atoms with Crippen molar-refractivity contribution in [3.05, 3.63) is 20.7 Å². The number of aromatic nitrogens is 1. The summed E-state index contributed by atoms with van der Waals surface area (Å²) in [7, 11) is 1.58. The normalized spacial score (nSPS) is 12.4. The molecule has 7 heteroatoms. The van der Waals surface area contributed by atoms with Gasteiger partial charge in [0.2, 0.25) is 5.91 Å². The van der Waals surface area contributed by atoms with Crippen LogP contribution < -0.4 is 15.5 Å². The molecule has 0 aliphatic rings. The number of thiazole rings is 1. The maximum absolute atomic E-state index is 11.5. The molecule has 0 saturated heterocycles. The first-order valence-electron chi connectivity index (χ1n) is 5.30. The number of aromatic amines is 1. The van der Waals surface area contributed by atoms with Gasteiger partial charge in [-0.2, -0.15) is 0 Å². The molecule has 3 N–H and O–H groups in total. The van der Waals surface area contributed by atoms with E-state index in [0.717, 1.165) is 17.0 Å². The van der Waals surface area contributed by atoms with Gasteiger partial charge in [0.1, 0.15) is 0 Å².